The summed E-state index contributed by atoms with van der Waals surface area (Å²) in [5.74, 6) is 0.213. The Balaban J connectivity index is 1.60. The molecule has 31 heavy (non-hydrogen) atoms. The van der Waals surface area contributed by atoms with Crippen molar-refractivity contribution in [1.82, 2.24) is 19.5 Å². The number of methoxy groups -OCH3 is 1. The predicted octanol–water partition coefficient (Wildman–Crippen LogP) is 2.64. The van der Waals surface area contributed by atoms with Crippen LogP contribution in [0.5, 0.6) is 0 Å². The van der Waals surface area contributed by atoms with E-state index in [9.17, 15) is 9.46 Å². The molecule has 2 aromatic heterocycles. The van der Waals surface area contributed by atoms with Gasteiger partial charge in [0, 0.05) is 17.0 Å². The smallest absolute Gasteiger partial charge is 0.382 e. The van der Waals surface area contributed by atoms with Gasteiger partial charge in [0.15, 0.2) is 28.4 Å². The number of halogens is 1. The summed E-state index contributed by atoms with van der Waals surface area (Å²) in [6, 6.07) is 7.25. The number of phosphoric acid groups is 1. The fraction of sp³-hybridized carbons (Fsp3) is 0.353. The molecular weight excluding hydrogens is 469 g/mol. The van der Waals surface area contributed by atoms with Crippen molar-refractivity contribution in [3.63, 3.8) is 0 Å². The molecule has 0 bridgehead atoms. The summed E-state index contributed by atoms with van der Waals surface area (Å²) in [6.45, 7) is -0.113. The van der Waals surface area contributed by atoms with Crippen LogP contribution in [0.15, 0.2) is 40.6 Å². The number of fused-ring (bicyclic) bond motifs is 2. The SMILES string of the molecule is CO[C@@H]1[C@@H]2OP(=O)(O)OC[C@H]2O[C@@H]1n1c(Sc2ccc(Cl)cc2)nc2c(N)ncnc21. The molecule has 3 aromatic rings. The van der Waals surface area contributed by atoms with Crippen molar-refractivity contribution in [2.45, 2.75) is 34.6 Å². The molecule has 14 heteroatoms. The van der Waals surface area contributed by atoms with E-state index in [-0.39, 0.29) is 12.4 Å². The van der Waals surface area contributed by atoms with Crippen LogP contribution >= 0.6 is 31.2 Å². The minimum atomic E-state index is -4.19. The largest absolute Gasteiger partial charge is 0.472 e. The van der Waals surface area contributed by atoms with E-state index in [1.807, 2.05) is 12.1 Å². The molecule has 2 fully saturated rings. The molecule has 0 saturated carbocycles. The second kappa shape index (κ2) is 7.98. The summed E-state index contributed by atoms with van der Waals surface area (Å²) in [4.78, 5) is 23.6. The molecule has 2 aliphatic rings. The number of nitrogens with two attached hydrogens (primary N) is 1. The maximum Gasteiger partial charge on any atom is 0.472 e. The highest BCUT2D eigenvalue weighted by atomic mass is 35.5. The Morgan fingerprint density at radius 2 is 2.13 bits per heavy atom. The maximum absolute atomic E-state index is 12.0. The van der Waals surface area contributed by atoms with Crippen molar-refractivity contribution in [2.24, 2.45) is 0 Å². The second-order valence-electron chi connectivity index (χ2n) is 6.85. The van der Waals surface area contributed by atoms with Crippen LogP contribution in [0.25, 0.3) is 11.2 Å². The Kier molecular flexibility index (Phi) is 5.43. The lowest BCUT2D eigenvalue weighted by molar-refractivity contribution is -0.0690. The Hall–Kier alpha value is -1.76. The maximum atomic E-state index is 12.0. The Morgan fingerprint density at radius 1 is 1.35 bits per heavy atom. The standard InChI is InChI=1S/C17H17ClN5O6PS/c1-26-13-12-10(6-27-30(24,25)29-12)28-16(13)23-15-11(14(19)20-7-21-15)22-17(23)31-9-4-2-8(18)3-5-9/h2-5,7,10,12-13,16H,6H2,1H3,(H,24,25)(H2,19,20,21)/t10-,12-,13-,16+/m1/s1. The van der Waals surface area contributed by atoms with Gasteiger partial charge in [-0.2, -0.15) is 0 Å². The number of imidazole rings is 1. The molecule has 0 spiro atoms. The zero-order valence-corrected chi connectivity index (χ0v) is 18.5. The average Bonchev–Trinajstić information content (AvgIpc) is 3.26. The molecule has 4 heterocycles. The molecule has 2 aliphatic heterocycles. The van der Waals surface area contributed by atoms with E-state index in [1.54, 1.807) is 16.7 Å². The fourth-order valence-corrected chi connectivity index (χ4v) is 5.59. The van der Waals surface area contributed by atoms with Crippen molar-refractivity contribution < 1.29 is 28.0 Å². The molecule has 5 rings (SSSR count). The predicted molar refractivity (Wildman–Crippen MR) is 111 cm³/mol. The minimum Gasteiger partial charge on any atom is -0.382 e. The first kappa shape index (κ1) is 21.1. The normalized spacial score (nSPS) is 30.5. The van der Waals surface area contributed by atoms with E-state index in [0.717, 1.165) is 4.90 Å². The number of nitrogens with zero attached hydrogens (tertiary/aromatic N) is 4. The summed E-state index contributed by atoms with van der Waals surface area (Å²) in [5, 5.41) is 1.13. The van der Waals surface area contributed by atoms with E-state index >= 15 is 0 Å². The Labute approximate surface area is 185 Å². The van der Waals surface area contributed by atoms with Crippen molar-refractivity contribution in [3.05, 3.63) is 35.6 Å². The van der Waals surface area contributed by atoms with Crippen LogP contribution in [0.1, 0.15) is 6.23 Å². The van der Waals surface area contributed by atoms with Crippen LogP contribution in [0.3, 0.4) is 0 Å². The van der Waals surface area contributed by atoms with Gasteiger partial charge in [-0.05, 0) is 24.3 Å². The van der Waals surface area contributed by atoms with E-state index in [1.165, 1.54) is 25.2 Å². The third-order valence-corrected chi connectivity index (χ3v) is 7.18. The average molecular weight is 486 g/mol. The van der Waals surface area contributed by atoms with E-state index in [0.29, 0.717) is 21.3 Å². The fourth-order valence-electron chi connectivity index (χ4n) is 3.60. The molecule has 1 aromatic carbocycles. The summed E-state index contributed by atoms with van der Waals surface area (Å²) < 4.78 is 35.6. The molecule has 0 amide bonds. The Bertz CT molecular complexity index is 1180. The van der Waals surface area contributed by atoms with Crippen molar-refractivity contribution in [3.8, 4) is 0 Å². The van der Waals surface area contributed by atoms with Gasteiger partial charge >= 0.3 is 7.82 Å². The molecule has 3 N–H and O–H groups in total. The van der Waals surface area contributed by atoms with Gasteiger partial charge in [-0.15, -0.1) is 0 Å². The second-order valence-corrected chi connectivity index (χ2v) is 9.73. The van der Waals surface area contributed by atoms with E-state index in [4.69, 9.17) is 35.9 Å². The molecule has 0 aliphatic carbocycles. The van der Waals surface area contributed by atoms with Crippen LogP contribution in [-0.2, 0) is 23.1 Å². The third-order valence-electron chi connectivity index (χ3n) is 4.96. The first-order valence-electron chi connectivity index (χ1n) is 9.12. The highest BCUT2D eigenvalue weighted by molar-refractivity contribution is 7.99. The number of hydrogen-bond donors (Lipinski definition) is 2. The molecule has 0 radical (unpaired) electrons. The van der Waals surface area contributed by atoms with Gasteiger partial charge in [-0.25, -0.2) is 19.5 Å². The molecule has 11 nitrogen and oxygen atoms in total. The lowest BCUT2D eigenvalue weighted by Gasteiger charge is -2.29. The van der Waals surface area contributed by atoms with Crippen LogP contribution in [0.2, 0.25) is 5.02 Å². The number of aromatic nitrogens is 4. The van der Waals surface area contributed by atoms with Gasteiger partial charge in [-0.3, -0.25) is 13.6 Å². The van der Waals surface area contributed by atoms with Gasteiger partial charge in [0.25, 0.3) is 0 Å². The summed E-state index contributed by atoms with van der Waals surface area (Å²) >= 11 is 7.34. The van der Waals surface area contributed by atoms with Crippen molar-refractivity contribution in [1.29, 1.82) is 0 Å². The van der Waals surface area contributed by atoms with Gasteiger partial charge in [-0.1, -0.05) is 23.4 Å². The van der Waals surface area contributed by atoms with Gasteiger partial charge in [0.05, 0.1) is 6.61 Å². The topological polar surface area (TPSA) is 144 Å². The molecular formula is C17H17ClN5O6PS. The van der Waals surface area contributed by atoms with Gasteiger partial charge in [0.2, 0.25) is 0 Å². The van der Waals surface area contributed by atoms with E-state index in [2.05, 4.69) is 15.0 Å². The zero-order chi connectivity index (χ0) is 21.8. The number of nitrogen functional groups attached to an aromatic ring is 1. The van der Waals surface area contributed by atoms with Crippen LogP contribution < -0.4 is 5.73 Å². The number of hydrogen-bond acceptors (Lipinski definition) is 10. The van der Waals surface area contributed by atoms with Crippen molar-refractivity contribution in [2.75, 3.05) is 19.5 Å². The quantitative estimate of drug-likeness (QED) is 0.526. The first-order valence-corrected chi connectivity index (χ1v) is 11.8. The number of anilines is 1. The number of ether oxygens (including phenoxy) is 2. The highest BCUT2D eigenvalue weighted by Gasteiger charge is 2.54. The molecule has 1 unspecified atom stereocenters. The van der Waals surface area contributed by atoms with Gasteiger partial charge in [0.1, 0.15) is 24.6 Å². The summed E-state index contributed by atoms with van der Waals surface area (Å²) in [5.41, 5.74) is 6.86. The van der Waals surface area contributed by atoms with Crippen LogP contribution in [-0.4, -0.2) is 56.4 Å². The minimum absolute atomic E-state index is 0.113. The molecule has 2 saturated heterocycles. The number of benzene rings is 1. The number of rotatable bonds is 4. The first-order chi connectivity index (χ1) is 14.9. The van der Waals surface area contributed by atoms with Crippen LogP contribution in [0, 0.1) is 0 Å². The molecule has 5 atom stereocenters. The molecule has 164 valence electrons. The summed E-state index contributed by atoms with van der Waals surface area (Å²) in [7, 11) is -2.71. The number of phosphoric ester groups is 1. The lowest BCUT2D eigenvalue weighted by atomic mass is 10.1. The summed E-state index contributed by atoms with van der Waals surface area (Å²) in [6.07, 6.45) is -1.60. The van der Waals surface area contributed by atoms with Crippen molar-refractivity contribution >= 4 is 48.2 Å². The third kappa shape index (κ3) is 3.83. The zero-order valence-electron chi connectivity index (χ0n) is 16.0. The van der Waals surface area contributed by atoms with E-state index < -0.39 is 32.4 Å². The highest BCUT2D eigenvalue weighted by Crippen LogP contribution is 2.53. The lowest BCUT2D eigenvalue weighted by Crippen LogP contribution is -2.40. The monoisotopic (exact) mass is 485 g/mol. The Morgan fingerprint density at radius 3 is 2.87 bits per heavy atom. The van der Waals surface area contributed by atoms with Gasteiger partial charge < -0.3 is 20.1 Å². The van der Waals surface area contributed by atoms with Crippen LogP contribution in [0.4, 0.5) is 5.82 Å².